The molecule has 0 fully saturated rings. The van der Waals surface area contributed by atoms with E-state index in [1.54, 1.807) is 0 Å². The van der Waals surface area contributed by atoms with Gasteiger partial charge in [0.2, 0.25) is 0 Å². The van der Waals surface area contributed by atoms with Gasteiger partial charge < -0.3 is 0 Å². The first-order chi connectivity index (χ1) is 12.9. The Kier molecular flexibility index (Phi) is 4.25. The highest BCUT2D eigenvalue weighted by Gasteiger charge is 2.29. The van der Waals surface area contributed by atoms with Crippen LogP contribution in [0, 0.1) is 29.1 Å². The lowest BCUT2D eigenvalue weighted by Gasteiger charge is -2.12. The van der Waals surface area contributed by atoms with E-state index in [9.17, 15) is 17.6 Å². The molecule has 0 nitrogen and oxygen atoms in total. The van der Waals surface area contributed by atoms with E-state index >= 15 is 4.39 Å². The molecule has 0 saturated heterocycles. The second-order valence-electron chi connectivity index (χ2n) is 6.71. The van der Waals surface area contributed by atoms with Crippen LogP contribution in [0.15, 0.2) is 36.4 Å². The summed E-state index contributed by atoms with van der Waals surface area (Å²) in [5, 5.41) is 0. The standard InChI is InChI=1S/C22H15F5/c1-2-3-11-4-5-13-12(8-11)9-16-15(13)10-18(24)19(20(16)25)14-6-7-17(23)22(27)21(14)26/h4-8,10H,2-3,9H2,1H3. The van der Waals surface area contributed by atoms with E-state index in [1.165, 1.54) is 0 Å². The van der Waals surface area contributed by atoms with E-state index < -0.39 is 40.2 Å². The van der Waals surface area contributed by atoms with Gasteiger partial charge in [0.1, 0.15) is 11.6 Å². The minimum absolute atomic E-state index is 0.235. The molecule has 3 aromatic rings. The van der Waals surface area contributed by atoms with Gasteiger partial charge in [-0.3, -0.25) is 0 Å². The molecule has 0 atom stereocenters. The van der Waals surface area contributed by atoms with Crippen LogP contribution in [0.4, 0.5) is 22.0 Å². The van der Waals surface area contributed by atoms with Crippen molar-refractivity contribution in [2.24, 2.45) is 0 Å². The van der Waals surface area contributed by atoms with E-state index in [-0.39, 0.29) is 12.0 Å². The predicted molar refractivity (Wildman–Crippen MR) is 93.9 cm³/mol. The number of halogens is 5. The fraction of sp³-hybridized carbons (Fsp3) is 0.182. The van der Waals surface area contributed by atoms with E-state index in [0.717, 1.165) is 41.7 Å². The number of fused-ring (bicyclic) bond motifs is 3. The Morgan fingerprint density at radius 2 is 1.48 bits per heavy atom. The van der Waals surface area contributed by atoms with Crippen molar-refractivity contribution >= 4 is 0 Å². The summed E-state index contributed by atoms with van der Waals surface area (Å²) in [7, 11) is 0. The third-order valence-corrected chi connectivity index (χ3v) is 4.99. The summed E-state index contributed by atoms with van der Waals surface area (Å²) in [6.45, 7) is 2.06. The predicted octanol–water partition coefficient (Wildman–Crippen LogP) is 6.57. The molecule has 0 N–H and O–H groups in total. The molecule has 3 aromatic carbocycles. The molecular weight excluding hydrogens is 359 g/mol. The molecule has 4 rings (SSSR count). The number of hydrogen-bond donors (Lipinski definition) is 0. The van der Waals surface area contributed by atoms with Crippen LogP contribution in [0.25, 0.3) is 22.3 Å². The van der Waals surface area contributed by atoms with Crippen molar-refractivity contribution in [3.05, 3.63) is 82.2 Å². The quantitative estimate of drug-likeness (QED) is 0.281. The van der Waals surface area contributed by atoms with Gasteiger partial charge in [-0.1, -0.05) is 31.5 Å². The Bertz CT molecular complexity index is 1070. The number of aryl methyl sites for hydroxylation is 1. The van der Waals surface area contributed by atoms with Gasteiger partial charge in [0.05, 0.1) is 5.56 Å². The first kappa shape index (κ1) is 17.7. The van der Waals surface area contributed by atoms with Gasteiger partial charge >= 0.3 is 0 Å². The van der Waals surface area contributed by atoms with Crippen molar-refractivity contribution in [3.63, 3.8) is 0 Å². The molecule has 0 bridgehead atoms. The molecule has 138 valence electrons. The van der Waals surface area contributed by atoms with Gasteiger partial charge in [0.25, 0.3) is 0 Å². The normalized spacial score (nSPS) is 12.2. The van der Waals surface area contributed by atoms with E-state index in [4.69, 9.17) is 0 Å². The third kappa shape index (κ3) is 2.73. The molecular formula is C22H15F5. The zero-order valence-corrected chi connectivity index (χ0v) is 14.5. The topological polar surface area (TPSA) is 0 Å². The minimum Gasteiger partial charge on any atom is -0.206 e. The van der Waals surface area contributed by atoms with Crippen molar-refractivity contribution in [2.75, 3.05) is 0 Å². The number of benzene rings is 3. The summed E-state index contributed by atoms with van der Waals surface area (Å²) in [6.07, 6.45) is 2.09. The fourth-order valence-corrected chi connectivity index (χ4v) is 3.73. The lowest BCUT2D eigenvalue weighted by molar-refractivity contribution is 0.448. The highest BCUT2D eigenvalue weighted by atomic mass is 19.2. The summed E-state index contributed by atoms with van der Waals surface area (Å²) in [6, 6.07) is 8.38. The summed E-state index contributed by atoms with van der Waals surface area (Å²) in [5.74, 6) is -6.72. The highest BCUT2D eigenvalue weighted by Crippen LogP contribution is 2.43. The van der Waals surface area contributed by atoms with Gasteiger partial charge in [0, 0.05) is 17.5 Å². The second-order valence-corrected chi connectivity index (χ2v) is 6.71. The van der Waals surface area contributed by atoms with Crippen LogP contribution >= 0.6 is 0 Å². The molecule has 0 saturated carbocycles. The molecule has 0 heterocycles. The van der Waals surface area contributed by atoms with Crippen molar-refractivity contribution in [1.82, 2.24) is 0 Å². The maximum absolute atomic E-state index is 15.1. The first-order valence-electron chi connectivity index (χ1n) is 8.69. The molecule has 0 spiro atoms. The van der Waals surface area contributed by atoms with Gasteiger partial charge in [-0.2, -0.15) is 0 Å². The Morgan fingerprint density at radius 1 is 0.741 bits per heavy atom. The van der Waals surface area contributed by atoms with Gasteiger partial charge in [-0.25, -0.2) is 22.0 Å². The lowest BCUT2D eigenvalue weighted by atomic mass is 9.96. The Balaban J connectivity index is 1.88. The fourth-order valence-electron chi connectivity index (χ4n) is 3.73. The molecule has 1 aliphatic rings. The molecule has 27 heavy (non-hydrogen) atoms. The number of rotatable bonds is 3. The van der Waals surface area contributed by atoms with Crippen LogP contribution in [-0.4, -0.2) is 0 Å². The number of hydrogen-bond acceptors (Lipinski definition) is 0. The van der Waals surface area contributed by atoms with E-state index in [0.29, 0.717) is 11.6 Å². The molecule has 0 aromatic heterocycles. The maximum Gasteiger partial charge on any atom is 0.195 e. The smallest absolute Gasteiger partial charge is 0.195 e. The Labute approximate surface area is 153 Å². The average molecular weight is 374 g/mol. The van der Waals surface area contributed by atoms with Crippen molar-refractivity contribution in [2.45, 2.75) is 26.2 Å². The average Bonchev–Trinajstić information content (AvgIpc) is 3.00. The second kappa shape index (κ2) is 6.48. The zero-order chi connectivity index (χ0) is 19.3. The highest BCUT2D eigenvalue weighted by molar-refractivity contribution is 5.81. The maximum atomic E-state index is 15.1. The van der Waals surface area contributed by atoms with Gasteiger partial charge in [-0.05, 0) is 46.9 Å². The van der Waals surface area contributed by atoms with Crippen molar-refractivity contribution < 1.29 is 22.0 Å². The molecule has 1 aliphatic carbocycles. The van der Waals surface area contributed by atoms with E-state index in [1.807, 2.05) is 18.2 Å². The monoisotopic (exact) mass is 374 g/mol. The van der Waals surface area contributed by atoms with Crippen LogP contribution in [0.5, 0.6) is 0 Å². The zero-order valence-electron chi connectivity index (χ0n) is 14.5. The molecule has 0 radical (unpaired) electrons. The lowest BCUT2D eigenvalue weighted by Crippen LogP contribution is -2.01. The van der Waals surface area contributed by atoms with Crippen LogP contribution in [0.3, 0.4) is 0 Å². The summed E-state index contributed by atoms with van der Waals surface area (Å²) < 4.78 is 70.6. The van der Waals surface area contributed by atoms with Crippen LogP contribution < -0.4 is 0 Å². The Morgan fingerprint density at radius 3 is 2.22 bits per heavy atom. The SMILES string of the molecule is CCCc1ccc2c(c1)Cc1c-2cc(F)c(-c2ccc(F)c(F)c2F)c1F. The molecule has 0 amide bonds. The summed E-state index contributed by atoms with van der Waals surface area (Å²) in [5.41, 5.74) is 2.06. The summed E-state index contributed by atoms with van der Waals surface area (Å²) in [4.78, 5) is 0. The molecule has 0 unspecified atom stereocenters. The molecule has 0 aliphatic heterocycles. The van der Waals surface area contributed by atoms with Crippen molar-refractivity contribution in [1.29, 1.82) is 0 Å². The van der Waals surface area contributed by atoms with E-state index in [2.05, 4.69) is 6.92 Å². The third-order valence-electron chi connectivity index (χ3n) is 4.99. The largest absolute Gasteiger partial charge is 0.206 e. The summed E-state index contributed by atoms with van der Waals surface area (Å²) >= 11 is 0. The van der Waals surface area contributed by atoms with Gasteiger partial charge in [-0.15, -0.1) is 0 Å². The van der Waals surface area contributed by atoms with Crippen LogP contribution in [-0.2, 0) is 12.8 Å². The minimum atomic E-state index is -1.75. The van der Waals surface area contributed by atoms with Crippen molar-refractivity contribution in [3.8, 4) is 22.3 Å². The van der Waals surface area contributed by atoms with Crippen LogP contribution in [0.2, 0.25) is 0 Å². The first-order valence-corrected chi connectivity index (χ1v) is 8.69. The van der Waals surface area contributed by atoms with Crippen LogP contribution in [0.1, 0.15) is 30.0 Å². The Hall–Kier alpha value is -2.69. The molecule has 5 heteroatoms. The van der Waals surface area contributed by atoms with Gasteiger partial charge in [0.15, 0.2) is 17.5 Å².